The third-order valence-electron chi connectivity index (χ3n) is 3.34. The lowest BCUT2D eigenvalue weighted by Gasteiger charge is -2.25. The van der Waals surface area contributed by atoms with Crippen molar-refractivity contribution in [2.24, 2.45) is 0 Å². The van der Waals surface area contributed by atoms with Crippen molar-refractivity contribution >= 4 is 11.6 Å². The number of nitrogens with zero attached hydrogens (tertiary/aromatic N) is 1. The summed E-state index contributed by atoms with van der Waals surface area (Å²) in [4.78, 5) is 4.14. The van der Waals surface area contributed by atoms with E-state index in [4.69, 9.17) is 11.6 Å². The number of aromatic nitrogens is 1. The summed E-state index contributed by atoms with van der Waals surface area (Å²) in [5, 5.41) is 4.17. The van der Waals surface area contributed by atoms with E-state index in [1.807, 2.05) is 12.3 Å². The number of fused-ring (bicyclic) bond motifs is 2. The van der Waals surface area contributed by atoms with Crippen LogP contribution in [0.5, 0.6) is 0 Å². The Balaban J connectivity index is 1.91. The average molecular weight is 221 g/mol. The van der Waals surface area contributed by atoms with E-state index in [1.165, 1.54) is 18.4 Å². The van der Waals surface area contributed by atoms with Crippen LogP contribution >= 0.6 is 11.6 Å². The molecule has 0 spiro atoms. The van der Waals surface area contributed by atoms with Crippen molar-refractivity contribution < 1.29 is 0 Å². The highest BCUT2D eigenvalue weighted by Crippen LogP contribution is 2.32. The van der Waals surface area contributed by atoms with E-state index in [1.54, 1.807) is 0 Å². The second kappa shape index (κ2) is 3.62. The van der Waals surface area contributed by atoms with Crippen molar-refractivity contribution in [1.29, 1.82) is 0 Å². The molecule has 3 atom stereocenters. The first-order valence-electron chi connectivity index (χ1n) is 5.39. The summed E-state index contributed by atoms with van der Waals surface area (Å²) in [6, 6.07) is 5.13. The molecule has 0 aromatic carbocycles. The lowest BCUT2D eigenvalue weighted by Crippen LogP contribution is -2.35. The Morgan fingerprint density at radius 1 is 1.27 bits per heavy atom. The summed E-state index contributed by atoms with van der Waals surface area (Å²) in [7, 11) is 0. The van der Waals surface area contributed by atoms with Crippen molar-refractivity contribution in [2.75, 3.05) is 0 Å². The third kappa shape index (κ3) is 1.68. The SMILES string of the molecule is Clc1ccc(C2C=CC3CCC2N3)cn1. The fraction of sp³-hybridized carbons (Fsp3) is 0.417. The van der Waals surface area contributed by atoms with Gasteiger partial charge in [-0.1, -0.05) is 29.8 Å². The molecule has 3 rings (SSSR count). The van der Waals surface area contributed by atoms with E-state index in [0.717, 1.165) is 0 Å². The van der Waals surface area contributed by atoms with Gasteiger partial charge in [0, 0.05) is 24.2 Å². The fourth-order valence-corrected chi connectivity index (χ4v) is 2.66. The van der Waals surface area contributed by atoms with Crippen LogP contribution in [0.1, 0.15) is 24.3 Å². The number of nitrogens with one attached hydrogen (secondary N) is 1. The van der Waals surface area contributed by atoms with E-state index in [0.29, 0.717) is 23.2 Å². The minimum Gasteiger partial charge on any atom is -0.307 e. The maximum Gasteiger partial charge on any atom is 0.129 e. The molecule has 1 aromatic rings. The van der Waals surface area contributed by atoms with Gasteiger partial charge in [0.05, 0.1) is 0 Å². The standard InChI is InChI=1S/C12H13ClN2/c13-12-6-1-8(7-14-12)10-4-2-9-3-5-11(10)15-9/h1-2,4,6-7,9-11,15H,3,5H2. The van der Waals surface area contributed by atoms with E-state index < -0.39 is 0 Å². The summed E-state index contributed by atoms with van der Waals surface area (Å²) < 4.78 is 0. The molecule has 0 aliphatic carbocycles. The summed E-state index contributed by atoms with van der Waals surface area (Å²) >= 11 is 5.78. The lowest BCUT2D eigenvalue weighted by atomic mass is 9.91. The predicted molar refractivity (Wildman–Crippen MR) is 61.1 cm³/mol. The highest BCUT2D eigenvalue weighted by molar-refractivity contribution is 6.29. The quantitative estimate of drug-likeness (QED) is 0.581. The van der Waals surface area contributed by atoms with Crippen molar-refractivity contribution in [3.63, 3.8) is 0 Å². The highest BCUT2D eigenvalue weighted by atomic mass is 35.5. The second-order valence-electron chi connectivity index (χ2n) is 4.28. The third-order valence-corrected chi connectivity index (χ3v) is 3.56. The maximum absolute atomic E-state index is 5.78. The molecule has 3 heteroatoms. The van der Waals surface area contributed by atoms with Crippen LogP contribution in [0.15, 0.2) is 30.5 Å². The molecule has 0 radical (unpaired) electrons. The molecule has 2 aliphatic rings. The summed E-state index contributed by atoms with van der Waals surface area (Å²) in [5.41, 5.74) is 1.26. The van der Waals surface area contributed by atoms with Crippen LogP contribution in [0.3, 0.4) is 0 Å². The second-order valence-corrected chi connectivity index (χ2v) is 4.67. The van der Waals surface area contributed by atoms with Crippen LogP contribution in [-0.2, 0) is 0 Å². The van der Waals surface area contributed by atoms with Gasteiger partial charge in [-0.2, -0.15) is 0 Å². The molecule has 2 bridgehead atoms. The van der Waals surface area contributed by atoms with Crippen LogP contribution in [0, 0.1) is 0 Å². The predicted octanol–water partition coefficient (Wildman–Crippen LogP) is 2.51. The molecule has 0 amide bonds. The zero-order valence-corrected chi connectivity index (χ0v) is 9.11. The molecule has 1 saturated heterocycles. The zero-order valence-electron chi connectivity index (χ0n) is 8.36. The summed E-state index contributed by atoms with van der Waals surface area (Å²) in [6.45, 7) is 0. The minimum atomic E-state index is 0.466. The molecule has 15 heavy (non-hydrogen) atoms. The van der Waals surface area contributed by atoms with Crippen LogP contribution in [0.2, 0.25) is 5.15 Å². The Bertz CT molecular complexity index is 385. The average Bonchev–Trinajstić information content (AvgIpc) is 2.63. The fourth-order valence-electron chi connectivity index (χ4n) is 2.55. The smallest absolute Gasteiger partial charge is 0.129 e. The molecular formula is C12H13ClN2. The molecule has 1 N–H and O–H groups in total. The molecule has 0 saturated carbocycles. The first-order valence-corrected chi connectivity index (χ1v) is 5.76. The van der Waals surface area contributed by atoms with Crippen molar-refractivity contribution in [3.8, 4) is 0 Å². The first kappa shape index (κ1) is 9.37. The Kier molecular flexibility index (Phi) is 2.26. The van der Waals surface area contributed by atoms with E-state index in [2.05, 4.69) is 28.5 Å². The molecule has 2 nitrogen and oxygen atoms in total. The zero-order chi connectivity index (χ0) is 10.3. The van der Waals surface area contributed by atoms with Gasteiger partial charge in [-0.25, -0.2) is 4.98 Å². The Labute approximate surface area is 94.4 Å². The minimum absolute atomic E-state index is 0.466. The lowest BCUT2D eigenvalue weighted by molar-refractivity contribution is 0.513. The monoisotopic (exact) mass is 220 g/mol. The van der Waals surface area contributed by atoms with Crippen LogP contribution in [0.4, 0.5) is 0 Å². The van der Waals surface area contributed by atoms with Gasteiger partial charge < -0.3 is 5.32 Å². The van der Waals surface area contributed by atoms with Crippen LogP contribution in [0.25, 0.3) is 0 Å². The Morgan fingerprint density at radius 2 is 2.20 bits per heavy atom. The molecule has 3 unspecified atom stereocenters. The summed E-state index contributed by atoms with van der Waals surface area (Å²) in [6.07, 6.45) is 8.99. The molecule has 3 heterocycles. The van der Waals surface area contributed by atoms with E-state index in [9.17, 15) is 0 Å². The highest BCUT2D eigenvalue weighted by Gasteiger charge is 2.32. The van der Waals surface area contributed by atoms with Gasteiger partial charge in [-0.3, -0.25) is 0 Å². The number of pyridine rings is 1. The topological polar surface area (TPSA) is 24.9 Å². The normalized spacial score (nSPS) is 33.3. The van der Waals surface area contributed by atoms with Gasteiger partial charge in [0.15, 0.2) is 0 Å². The van der Waals surface area contributed by atoms with Gasteiger partial charge >= 0.3 is 0 Å². The van der Waals surface area contributed by atoms with Crippen molar-refractivity contribution in [1.82, 2.24) is 10.3 Å². The summed E-state index contributed by atoms with van der Waals surface area (Å²) in [5.74, 6) is 0.466. The Hall–Kier alpha value is -0.860. The van der Waals surface area contributed by atoms with Crippen molar-refractivity contribution in [3.05, 3.63) is 41.2 Å². The van der Waals surface area contributed by atoms with Gasteiger partial charge in [0.2, 0.25) is 0 Å². The van der Waals surface area contributed by atoms with Crippen LogP contribution < -0.4 is 5.32 Å². The molecule has 78 valence electrons. The van der Waals surface area contributed by atoms with Crippen LogP contribution in [-0.4, -0.2) is 17.1 Å². The number of rotatable bonds is 1. The van der Waals surface area contributed by atoms with Gasteiger partial charge in [0.25, 0.3) is 0 Å². The van der Waals surface area contributed by atoms with Crippen molar-refractivity contribution in [2.45, 2.75) is 30.8 Å². The molecule has 1 aromatic heterocycles. The molecule has 2 aliphatic heterocycles. The molecular weight excluding hydrogens is 208 g/mol. The maximum atomic E-state index is 5.78. The number of hydrogen-bond donors (Lipinski definition) is 1. The van der Waals surface area contributed by atoms with E-state index >= 15 is 0 Å². The Morgan fingerprint density at radius 3 is 3.00 bits per heavy atom. The molecule has 1 fully saturated rings. The largest absolute Gasteiger partial charge is 0.307 e. The van der Waals surface area contributed by atoms with E-state index in [-0.39, 0.29) is 0 Å². The number of halogens is 1. The van der Waals surface area contributed by atoms with Gasteiger partial charge in [0.1, 0.15) is 5.15 Å². The number of hydrogen-bond acceptors (Lipinski definition) is 2. The van der Waals surface area contributed by atoms with Gasteiger partial charge in [-0.15, -0.1) is 0 Å². The first-order chi connectivity index (χ1) is 7.33. The van der Waals surface area contributed by atoms with Gasteiger partial charge in [-0.05, 0) is 24.5 Å².